The van der Waals surface area contributed by atoms with Gasteiger partial charge in [0.05, 0.1) is 0 Å². The van der Waals surface area contributed by atoms with E-state index in [-0.39, 0.29) is 0 Å². The van der Waals surface area contributed by atoms with Gasteiger partial charge in [-0.3, -0.25) is 0 Å². The highest BCUT2D eigenvalue weighted by Gasteiger charge is 2.32. The lowest BCUT2D eigenvalue weighted by Crippen LogP contribution is -2.48. The minimum absolute atomic E-state index is 0.315. The van der Waals surface area contributed by atoms with E-state index in [0.717, 1.165) is 19.0 Å². The van der Waals surface area contributed by atoms with Crippen molar-refractivity contribution in [3.8, 4) is 0 Å². The van der Waals surface area contributed by atoms with Gasteiger partial charge in [0.2, 0.25) is 0 Å². The maximum absolute atomic E-state index is 13.3. The molecule has 1 aromatic rings. The SMILES string of the molecule is Fc1cc(F)cc(NC2CCCCC2C2CCCCN2)c1. The molecule has 0 bridgehead atoms. The first-order chi connectivity index (χ1) is 10.2. The largest absolute Gasteiger partial charge is 0.382 e. The van der Waals surface area contributed by atoms with E-state index >= 15 is 0 Å². The third-order valence-corrected chi connectivity index (χ3v) is 4.90. The van der Waals surface area contributed by atoms with Gasteiger partial charge in [0.25, 0.3) is 0 Å². The fourth-order valence-electron chi connectivity index (χ4n) is 3.92. The van der Waals surface area contributed by atoms with Crippen molar-refractivity contribution in [3.63, 3.8) is 0 Å². The topological polar surface area (TPSA) is 24.1 Å². The first-order valence-corrected chi connectivity index (χ1v) is 8.18. The van der Waals surface area contributed by atoms with Crippen molar-refractivity contribution in [2.75, 3.05) is 11.9 Å². The number of benzene rings is 1. The molecule has 116 valence electrons. The van der Waals surface area contributed by atoms with Gasteiger partial charge in [0.15, 0.2) is 0 Å². The summed E-state index contributed by atoms with van der Waals surface area (Å²) in [5.41, 5.74) is 0.570. The van der Waals surface area contributed by atoms with Gasteiger partial charge >= 0.3 is 0 Å². The number of rotatable bonds is 3. The van der Waals surface area contributed by atoms with E-state index in [1.165, 1.54) is 50.7 Å². The van der Waals surface area contributed by atoms with Crippen molar-refractivity contribution in [1.29, 1.82) is 0 Å². The Kier molecular flexibility index (Phi) is 4.73. The molecule has 4 heteroatoms. The second-order valence-corrected chi connectivity index (χ2v) is 6.41. The van der Waals surface area contributed by atoms with Crippen LogP contribution in [0.2, 0.25) is 0 Å². The van der Waals surface area contributed by atoms with Crippen LogP contribution in [0.15, 0.2) is 18.2 Å². The minimum atomic E-state index is -0.513. The van der Waals surface area contributed by atoms with Gasteiger partial charge < -0.3 is 10.6 Å². The van der Waals surface area contributed by atoms with Crippen LogP contribution in [0.3, 0.4) is 0 Å². The highest BCUT2D eigenvalue weighted by molar-refractivity contribution is 5.45. The molecule has 1 aliphatic heterocycles. The average Bonchev–Trinajstić information content (AvgIpc) is 2.48. The molecule has 2 N–H and O–H groups in total. The van der Waals surface area contributed by atoms with E-state index in [1.807, 2.05) is 0 Å². The highest BCUT2D eigenvalue weighted by Crippen LogP contribution is 2.32. The van der Waals surface area contributed by atoms with Crippen molar-refractivity contribution in [2.45, 2.75) is 57.0 Å². The first kappa shape index (κ1) is 14.8. The third kappa shape index (κ3) is 3.73. The van der Waals surface area contributed by atoms with Crippen molar-refractivity contribution < 1.29 is 8.78 Å². The van der Waals surface area contributed by atoms with E-state index < -0.39 is 11.6 Å². The van der Waals surface area contributed by atoms with Gasteiger partial charge in [-0.2, -0.15) is 0 Å². The summed E-state index contributed by atoms with van der Waals surface area (Å²) >= 11 is 0. The molecule has 1 aliphatic carbocycles. The van der Waals surface area contributed by atoms with Crippen molar-refractivity contribution in [2.24, 2.45) is 5.92 Å². The van der Waals surface area contributed by atoms with E-state index in [9.17, 15) is 8.78 Å². The molecule has 0 aromatic heterocycles. The van der Waals surface area contributed by atoms with Gasteiger partial charge in [-0.15, -0.1) is 0 Å². The molecule has 1 heterocycles. The van der Waals surface area contributed by atoms with Gasteiger partial charge in [-0.05, 0) is 50.3 Å². The van der Waals surface area contributed by atoms with Crippen molar-refractivity contribution in [3.05, 3.63) is 29.8 Å². The molecule has 3 atom stereocenters. The number of nitrogens with one attached hydrogen (secondary N) is 2. The first-order valence-electron chi connectivity index (χ1n) is 8.18. The lowest BCUT2D eigenvalue weighted by Gasteiger charge is -2.40. The zero-order chi connectivity index (χ0) is 14.7. The zero-order valence-corrected chi connectivity index (χ0v) is 12.4. The lowest BCUT2D eigenvalue weighted by molar-refractivity contribution is 0.217. The monoisotopic (exact) mass is 294 g/mol. The molecule has 0 amide bonds. The molecule has 3 unspecified atom stereocenters. The molecular weight excluding hydrogens is 270 g/mol. The van der Waals surface area contributed by atoms with Crippen molar-refractivity contribution >= 4 is 5.69 Å². The summed E-state index contributed by atoms with van der Waals surface area (Å²) in [5, 5.41) is 7.03. The summed E-state index contributed by atoms with van der Waals surface area (Å²) in [4.78, 5) is 0. The average molecular weight is 294 g/mol. The van der Waals surface area contributed by atoms with Crippen LogP contribution in [-0.2, 0) is 0 Å². The Morgan fingerprint density at radius 3 is 2.33 bits per heavy atom. The Morgan fingerprint density at radius 1 is 0.905 bits per heavy atom. The summed E-state index contributed by atoms with van der Waals surface area (Å²) in [5.74, 6) is -0.466. The summed E-state index contributed by atoms with van der Waals surface area (Å²) in [6.45, 7) is 1.10. The fourth-order valence-corrected chi connectivity index (χ4v) is 3.92. The van der Waals surface area contributed by atoms with E-state index in [0.29, 0.717) is 23.7 Å². The Labute approximate surface area is 125 Å². The summed E-state index contributed by atoms with van der Waals surface area (Å²) in [7, 11) is 0. The van der Waals surface area contributed by atoms with Gasteiger partial charge in [0, 0.05) is 23.8 Å². The molecule has 1 aromatic carbocycles. The molecule has 3 rings (SSSR count). The van der Waals surface area contributed by atoms with Gasteiger partial charge in [0.1, 0.15) is 11.6 Å². The molecule has 2 nitrogen and oxygen atoms in total. The summed E-state index contributed by atoms with van der Waals surface area (Å²) in [6.07, 6.45) is 8.51. The molecule has 2 aliphatic rings. The summed E-state index contributed by atoms with van der Waals surface area (Å²) < 4.78 is 26.7. The predicted molar refractivity (Wildman–Crippen MR) is 81.4 cm³/mol. The predicted octanol–water partition coefficient (Wildman–Crippen LogP) is 4.08. The zero-order valence-electron chi connectivity index (χ0n) is 12.4. The van der Waals surface area contributed by atoms with Gasteiger partial charge in [-0.1, -0.05) is 19.3 Å². The van der Waals surface area contributed by atoms with E-state index in [4.69, 9.17) is 0 Å². The number of hydrogen-bond donors (Lipinski definition) is 2. The van der Waals surface area contributed by atoms with Crippen LogP contribution in [0.4, 0.5) is 14.5 Å². The molecule has 0 spiro atoms. The lowest BCUT2D eigenvalue weighted by atomic mass is 9.77. The summed E-state index contributed by atoms with van der Waals surface area (Å²) in [6, 6.07) is 4.57. The van der Waals surface area contributed by atoms with Crippen LogP contribution < -0.4 is 10.6 Å². The number of piperidine rings is 1. The standard InChI is InChI=1S/C17H24F2N2/c18-12-9-13(19)11-14(10-12)21-17-7-2-1-5-15(17)16-6-3-4-8-20-16/h9-11,15-17,20-21H,1-8H2. The quantitative estimate of drug-likeness (QED) is 0.878. The van der Waals surface area contributed by atoms with Gasteiger partial charge in [-0.25, -0.2) is 8.78 Å². The van der Waals surface area contributed by atoms with Crippen molar-refractivity contribution in [1.82, 2.24) is 5.32 Å². The highest BCUT2D eigenvalue weighted by atomic mass is 19.1. The molecular formula is C17H24F2N2. The van der Waals surface area contributed by atoms with E-state index in [1.54, 1.807) is 0 Å². The van der Waals surface area contributed by atoms with Crippen LogP contribution in [0, 0.1) is 17.6 Å². The smallest absolute Gasteiger partial charge is 0.128 e. The molecule has 2 fully saturated rings. The number of anilines is 1. The Morgan fingerprint density at radius 2 is 1.62 bits per heavy atom. The Balaban J connectivity index is 1.71. The number of halogens is 2. The Hall–Kier alpha value is -1.16. The number of hydrogen-bond acceptors (Lipinski definition) is 2. The Bertz CT molecular complexity index is 452. The van der Waals surface area contributed by atoms with Crippen LogP contribution in [0.5, 0.6) is 0 Å². The molecule has 0 radical (unpaired) electrons. The van der Waals surface area contributed by atoms with Crippen LogP contribution in [-0.4, -0.2) is 18.6 Å². The fraction of sp³-hybridized carbons (Fsp3) is 0.647. The van der Waals surface area contributed by atoms with Crippen LogP contribution in [0.1, 0.15) is 44.9 Å². The van der Waals surface area contributed by atoms with E-state index in [2.05, 4.69) is 10.6 Å². The third-order valence-electron chi connectivity index (χ3n) is 4.90. The van der Waals surface area contributed by atoms with Crippen LogP contribution >= 0.6 is 0 Å². The molecule has 1 saturated heterocycles. The second kappa shape index (κ2) is 6.73. The maximum Gasteiger partial charge on any atom is 0.128 e. The second-order valence-electron chi connectivity index (χ2n) is 6.41. The molecule has 1 saturated carbocycles. The molecule has 21 heavy (non-hydrogen) atoms. The van der Waals surface area contributed by atoms with Crippen LogP contribution in [0.25, 0.3) is 0 Å². The minimum Gasteiger partial charge on any atom is -0.382 e. The maximum atomic E-state index is 13.3. The normalized spacial score (nSPS) is 30.1.